The molecule has 0 aliphatic carbocycles. The molecule has 112 valence electrons. The van der Waals surface area contributed by atoms with Gasteiger partial charge < -0.3 is 4.98 Å². The number of aromatic nitrogens is 2. The van der Waals surface area contributed by atoms with Crippen LogP contribution in [0.5, 0.6) is 0 Å². The highest BCUT2D eigenvalue weighted by Crippen LogP contribution is 2.24. The van der Waals surface area contributed by atoms with Crippen molar-refractivity contribution < 1.29 is 17.7 Å². The zero-order valence-electron chi connectivity index (χ0n) is 10.6. The summed E-state index contributed by atoms with van der Waals surface area (Å²) in [5.41, 5.74) is -0.805. The second kappa shape index (κ2) is 5.97. The van der Waals surface area contributed by atoms with Crippen molar-refractivity contribution in [2.75, 3.05) is 6.54 Å². The van der Waals surface area contributed by atoms with Crippen molar-refractivity contribution >= 4 is 15.7 Å². The molecular weight excluding hydrogens is 303 g/mol. The van der Waals surface area contributed by atoms with E-state index in [9.17, 15) is 22.9 Å². The van der Waals surface area contributed by atoms with Gasteiger partial charge in [-0.1, -0.05) is 0 Å². The van der Waals surface area contributed by atoms with Gasteiger partial charge in [-0.15, -0.1) is 0 Å². The lowest BCUT2D eigenvalue weighted by Gasteiger charge is -2.06. The van der Waals surface area contributed by atoms with Crippen molar-refractivity contribution in [1.82, 2.24) is 14.7 Å². The number of nitro groups is 1. The van der Waals surface area contributed by atoms with Crippen LogP contribution in [0, 0.1) is 15.9 Å². The van der Waals surface area contributed by atoms with E-state index in [1.807, 2.05) is 0 Å². The van der Waals surface area contributed by atoms with Crippen LogP contribution in [0.1, 0.15) is 5.82 Å². The van der Waals surface area contributed by atoms with E-state index < -0.39 is 31.3 Å². The lowest BCUT2D eigenvalue weighted by molar-refractivity contribution is -0.388. The van der Waals surface area contributed by atoms with E-state index in [2.05, 4.69) is 14.7 Å². The first-order valence-corrected chi connectivity index (χ1v) is 7.30. The van der Waals surface area contributed by atoms with Gasteiger partial charge in [-0.05, 0) is 12.1 Å². The first kappa shape index (κ1) is 15.1. The molecule has 0 bridgehead atoms. The SMILES string of the molecule is O=[N+]([O-])c1cc(F)ccc1S(=O)(=O)NCCc1ncc[nH]1. The lowest BCUT2D eigenvalue weighted by atomic mass is 10.3. The summed E-state index contributed by atoms with van der Waals surface area (Å²) in [6.45, 7) is 0.00434. The zero-order chi connectivity index (χ0) is 15.5. The van der Waals surface area contributed by atoms with Crippen molar-refractivity contribution in [3.8, 4) is 0 Å². The Morgan fingerprint density at radius 3 is 2.81 bits per heavy atom. The van der Waals surface area contributed by atoms with Crippen LogP contribution < -0.4 is 4.72 Å². The quantitative estimate of drug-likeness (QED) is 0.608. The van der Waals surface area contributed by atoms with E-state index >= 15 is 0 Å². The number of nitro benzene ring substituents is 1. The standard InChI is InChI=1S/C11H11FN4O4S/c12-8-1-2-10(9(7-8)16(17)18)21(19,20)15-4-3-11-13-5-6-14-11/h1-2,5-7,15H,3-4H2,(H,13,14). The summed E-state index contributed by atoms with van der Waals surface area (Å²) in [5.74, 6) is -0.303. The van der Waals surface area contributed by atoms with E-state index in [1.165, 1.54) is 6.20 Å². The van der Waals surface area contributed by atoms with Crippen LogP contribution in [0.2, 0.25) is 0 Å². The van der Waals surface area contributed by atoms with Crippen LogP contribution in [-0.4, -0.2) is 29.9 Å². The molecule has 1 aromatic carbocycles. The van der Waals surface area contributed by atoms with Crippen molar-refractivity contribution in [3.63, 3.8) is 0 Å². The van der Waals surface area contributed by atoms with Gasteiger partial charge in [-0.3, -0.25) is 10.1 Å². The second-order valence-electron chi connectivity index (χ2n) is 4.05. The molecule has 2 rings (SSSR count). The maximum Gasteiger partial charge on any atom is 0.292 e. The van der Waals surface area contributed by atoms with Gasteiger partial charge in [0.1, 0.15) is 11.6 Å². The number of nitrogens with one attached hydrogen (secondary N) is 2. The predicted octanol–water partition coefficient (Wildman–Crippen LogP) is 0.978. The van der Waals surface area contributed by atoms with E-state index in [-0.39, 0.29) is 6.54 Å². The summed E-state index contributed by atoms with van der Waals surface area (Å²) < 4.78 is 39.3. The Hall–Kier alpha value is -2.33. The fourth-order valence-corrected chi connectivity index (χ4v) is 2.86. The zero-order valence-corrected chi connectivity index (χ0v) is 11.4. The topological polar surface area (TPSA) is 118 Å². The van der Waals surface area contributed by atoms with Crippen LogP contribution in [-0.2, 0) is 16.4 Å². The van der Waals surface area contributed by atoms with Crippen LogP contribution in [0.15, 0.2) is 35.5 Å². The highest BCUT2D eigenvalue weighted by Gasteiger charge is 2.26. The van der Waals surface area contributed by atoms with Crippen molar-refractivity contribution in [1.29, 1.82) is 0 Å². The molecule has 1 heterocycles. The molecule has 0 spiro atoms. The minimum absolute atomic E-state index is 0.00434. The Labute approximate surface area is 119 Å². The normalized spacial score (nSPS) is 11.5. The molecule has 21 heavy (non-hydrogen) atoms. The van der Waals surface area contributed by atoms with Crippen molar-refractivity contribution in [2.45, 2.75) is 11.3 Å². The van der Waals surface area contributed by atoms with E-state index in [0.29, 0.717) is 18.3 Å². The monoisotopic (exact) mass is 314 g/mol. The number of sulfonamides is 1. The molecule has 0 fully saturated rings. The molecule has 0 aliphatic rings. The lowest BCUT2D eigenvalue weighted by Crippen LogP contribution is -2.27. The van der Waals surface area contributed by atoms with Gasteiger partial charge in [0, 0.05) is 25.4 Å². The minimum atomic E-state index is -4.11. The molecular formula is C11H11FN4O4S. The highest BCUT2D eigenvalue weighted by atomic mass is 32.2. The Balaban J connectivity index is 2.17. The molecule has 0 amide bonds. The number of aromatic amines is 1. The molecule has 1 aromatic heterocycles. The maximum absolute atomic E-state index is 13.0. The summed E-state index contributed by atoms with van der Waals surface area (Å²) >= 11 is 0. The van der Waals surface area contributed by atoms with Gasteiger partial charge >= 0.3 is 0 Å². The molecule has 10 heteroatoms. The number of rotatable bonds is 6. The fourth-order valence-electron chi connectivity index (χ4n) is 1.68. The van der Waals surface area contributed by atoms with Gasteiger partial charge in [0.05, 0.1) is 11.0 Å². The van der Waals surface area contributed by atoms with Gasteiger partial charge in [0.15, 0.2) is 4.90 Å². The number of nitrogens with zero attached hydrogens (tertiary/aromatic N) is 2. The summed E-state index contributed by atoms with van der Waals surface area (Å²) in [4.78, 5) is 16.0. The summed E-state index contributed by atoms with van der Waals surface area (Å²) in [6, 6.07) is 2.29. The number of imidazole rings is 1. The predicted molar refractivity (Wildman–Crippen MR) is 70.5 cm³/mol. The smallest absolute Gasteiger partial charge is 0.292 e. The average molecular weight is 314 g/mol. The Bertz CT molecular complexity index is 746. The van der Waals surface area contributed by atoms with E-state index in [0.717, 1.165) is 12.1 Å². The van der Waals surface area contributed by atoms with Gasteiger partial charge in [-0.2, -0.15) is 0 Å². The third kappa shape index (κ3) is 3.61. The minimum Gasteiger partial charge on any atom is -0.349 e. The molecule has 0 saturated heterocycles. The Morgan fingerprint density at radius 1 is 1.43 bits per heavy atom. The van der Waals surface area contributed by atoms with Crippen molar-refractivity contribution in [2.24, 2.45) is 0 Å². The Morgan fingerprint density at radius 2 is 2.19 bits per heavy atom. The molecule has 0 aliphatic heterocycles. The first-order valence-electron chi connectivity index (χ1n) is 5.82. The molecule has 0 unspecified atom stereocenters. The summed E-state index contributed by atoms with van der Waals surface area (Å²) in [5, 5.41) is 10.8. The molecule has 2 aromatic rings. The third-order valence-corrected chi connectivity index (χ3v) is 4.12. The first-order chi connectivity index (χ1) is 9.90. The number of benzene rings is 1. The Kier molecular flexibility index (Phi) is 4.29. The number of hydrogen-bond donors (Lipinski definition) is 2. The van der Waals surface area contributed by atoms with Crippen LogP contribution in [0.4, 0.5) is 10.1 Å². The summed E-state index contributed by atoms with van der Waals surface area (Å²) in [7, 11) is -4.11. The largest absolute Gasteiger partial charge is 0.349 e. The second-order valence-corrected chi connectivity index (χ2v) is 5.79. The van der Waals surface area contributed by atoms with Gasteiger partial charge in [-0.25, -0.2) is 22.5 Å². The summed E-state index contributed by atoms with van der Waals surface area (Å²) in [6.07, 6.45) is 3.41. The number of hydrogen-bond acceptors (Lipinski definition) is 5. The molecule has 0 atom stereocenters. The number of halogens is 1. The third-order valence-electron chi connectivity index (χ3n) is 2.62. The molecule has 8 nitrogen and oxygen atoms in total. The fraction of sp³-hybridized carbons (Fsp3) is 0.182. The average Bonchev–Trinajstić information content (AvgIpc) is 2.91. The van der Waals surface area contributed by atoms with Crippen LogP contribution in [0.25, 0.3) is 0 Å². The van der Waals surface area contributed by atoms with Crippen molar-refractivity contribution in [3.05, 3.63) is 52.3 Å². The molecule has 2 N–H and O–H groups in total. The van der Waals surface area contributed by atoms with E-state index in [1.54, 1.807) is 6.20 Å². The molecule has 0 saturated carbocycles. The van der Waals surface area contributed by atoms with Gasteiger partial charge in [0.2, 0.25) is 10.0 Å². The van der Waals surface area contributed by atoms with Crippen LogP contribution >= 0.6 is 0 Å². The number of H-pyrrole nitrogens is 1. The van der Waals surface area contributed by atoms with Crippen LogP contribution in [0.3, 0.4) is 0 Å². The van der Waals surface area contributed by atoms with E-state index in [4.69, 9.17) is 0 Å². The maximum atomic E-state index is 13.0. The van der Waals surface area contributed by atoms with Gasteiger partial charge in [0.25, 0.3) is 5.69 Å². The highest BCUT2D eigenvalue weighted by molar-refractivity contribution is 7.89. The molecule has 0 radical (unpaired) electrons.